The van der Waals surface area contributed by atoms with Gasteiger partial charge in [0.1, 0.15) is 16.7 Å². The normalized spacial score (nSPS) is 23.7. The third-order valence-corrected chi connectivity index (χ3v) is 5.49. The number of benzene rings is 1. The van der Waals surface area contributed by atoms with Gasteiger partial charge in [-0.3, -0.25) is 9.59 Å². The van der Waals surface area contributed by atoms with Crippen LogP contribution in [-0.2, 0) is 9.59 Å². The zero-order valence-electron chi connectivity index (χ0n) is 14.2. The lowest BCUT2D eigenvalue weighted by atomic mass is 9.61. The van der Waals surface area contributed by atoms with Crippen molar-refractivity contribution in [2.24, 2.45) is 17.3 Å². The van der Waals surface area contributed by atoms with Gasteiger partial charge in [-0.05, 0) is 30.2 Å². The van der Waals surface area contributed by atoms with Crippen LogP contribution < -0.4 is 10.6 Å². The molecule has 2 amide bonds. The summed E-state index contributed by atoms with van der Waals surface area (Å²) in [6, 6.07) is 1.87. The maximum Gasteiger partial charge on any atom is 0.225 e. The first-order chi connectivity index (χ1) is 11.7. The molecule has 2 fully saturated rings. The van der Waals surface area contributed by atoms with E-state index in [1.807, 2.05) is 0 Å². The fourth-order valence-electron chi connectivity index (χ4n) is 3.89. The molecular formula is C18H21ClF2N2O2. The molecule has 1 aromatic rings. The summed E-state index contributed by atoms with van der Waals surface area (Å²) in [5.41, 5.74) is 0.316. The Bertz CT molecular complexity index is 715. The Labute approximate surface area is 150 Å². The highest BCUT2D eigenvalue weighted by Gasteiger charge is 2.43. The molecule has 1 heterocycles. The van der Waals surface area contributed by atoms with Crippen molar-refractivity contribution in [3.8, 4) is 0 Å². The molecule has 1 aliphatic heterocycles. The smallest absolute Gasteiger partial charge is 0.225 e. The fourth-order valence-corrected chi connectivity index (χ4v) is 4.06. The summed E-state index contributed by atoms with van der Waals surface area (Å²) in [5, 5.41) is 4.93. The molecule has 25 heavy (non-hydrogen) atoms. The van der Waals surface area contributed by atoms with E-state index >= 15 is 0 Å². The van der Waals surface area contributed by atoms with Gasteiger partial charge < -0.3 is 10.6 Å². The van der Waals surface area contributed by atoms with E-state index in [9.17, 15) is 18.4 Å². The van der Waals surface area contributed by atoms with Crippen LogP contribution in [0.25, 0.3) is 0 Å². The van der Waals surface area contributed by atoms with Crippen molar-refractivity contribution >= 4 is 23.4 Å². The average molecular weight is 371 g/mol. The maximum atomic E-state index is 14.5. The summed E-state index contributed by atoms with van der Waals surface area (Å²) in [6.45, 7) is 4.49. The number of rotatable bonds is 4. The topological polar surface area (TPSA) is 58.2 Å². The number of amides is 2. The first-order valence-corrected chi connectivity index (χ1v) is 8.76. The molecule has 3 rings (SSSR count). The maximum absolute atomic E-state index is 14.5. The van der Waals surface area contributed by atoms with Crippen LogP contribution in [0.3, 0.4) is 0 Å². The van der Waals surface area contributed by atoms with E-state index in [0.29, 0.717) is 0 Å². The second-order valence-electron chi connectivity index (χ2n) is 7.79. The van der Waals surface area contributed by atoms with Gasteiger partial charge in [-0.2, -0.15) is 0 Å². The Balaban J connectivity index is 1.85. The van der Waals surface area contributed by atoms with E-state index in [1.54, 1.807) is 0 Å². The zero-order chi connectivity index (χ0) is 18.4. The number of hydrogen-bond acceptors (Lipinski definition) is 2. The molecule has 0 radical (unpaired) electrons. The second-order valence-corrected chi connectivity index (χ2v) is 8.17. The third-order valence-electron chi connectivity index (χ3n) is 5.15. The standard InChI is InChI=1S/C18H21ClF2N2O2/c1-18(2)6-10(7-18)16(11-3-4-12(20)14(19)15(11)21)23-17(25)9-5-13(24)22-8-9/h3-4,9-10,16H,5-8H2,1-2H3,(H,22,24)(H,23,25)/t9?,16-/m0/s1. The van der Waals surface area contributed by atoms with Gasteiger partial charge in [0.05, 0.1) is 12.0 Å². The summed E-state index contributed by atoms with van der Waals surface area (Å²) in [4.78, 5) is 23.8. The van der Waals surface area contributed by atoms with Gasteiger partial charge in [0.2, 0.25) is 11.8 Å². The minimum atomic E-state index is -0.836. The van der Waals surface area contributed by atoms with E-state index in [1.165, 1.54) is 6.07 Å². The largest absolute Gasteiger partial charge is 0.355 e. The van der Waals surface area contributed by atoms with E-state index < -0.39 is 28.6 Å². The summed E-state index contributed by atoms with van der Waals surface area (Å²) >= 11 is 5.71. The Kier molecular flexibility index (Phi) is 4.75. The molecule has 1 unspecified atom stereocenters. The molecular weight excluding hydrogens is 350 g/mol. The minimum absolute atomic E-state index is 0.0417. The highest BCUT2D eigenvalue weighted by atomic mass is 35.5. The SMILES string of the molecule is CC1(C)CC([C@H](NC(=O)C2CNC(=O)C2)c2ccc(F)c(Cl)c2F)C1. The summed E-state index contributed by atoms with van der Waals surface area (Å²) in [7, 11) is 0. The summed E-state index contributed by atoms with van der Waals surface area (Å²) < 4.78 is 28.0. The predicted molar refractivity (Wildman–Crippen MR) is 89.9 cm³/mol. The summed E-state index contributed by atoms with van der Waals surface area (Å²) in [6.07, 6.45) is 1.75. The van der Waals surface area contributed by atoms with Gasteiger partial charge in [0.25, 0.3) is 0 Å². The lowest BCUT2D eigenvalue weighted by Crippen LogP contribution is -2.45. The first-order valence-electron chi connectivity index (χ1n) is 8.38. The fraction of sp³-hybridized carbons (Fsp3) is 0.556. The quantitative estimate of drug-likeness (QED) is 0.798. The Hall–Kier alpha value is -1.69. The lowest BCUT2D eigenvalue weighted by Gasteiger charge is -2.47. The van der Waals surface area contributed by atoms with E-state index in [4.69, 9.17) is 11.6 Å². The molecule has 2 N–H and O–H groups in total. The molecule has 1 saturated carbocycles. The van der Waals surface area contributed by atoms with Crippen LogP contribution in [0, 0.1) is 28.9 Å². The number of carbonyl (C=O) groups excluding carboxylic acids is 2. The molecule has 1 aliphatic carbocycles. The van der Waals surface area contributed by atoms with Crippen molar-refractivity contribution in [3.05, 3.63) is 34.4 Å². The average Bonchev–Trinajstić information content (AvgIpc) is 2.95. The molecule has 2 aliphatic rings. The Morgan fingerprint density at radius 1 is 1.36 bits per heavy atom. The van der Waals surface area contributed by atoms with Gasteiger partial charge in [0.15, 0.2) is 0 Å². The molecule has 0 aromatic heterocycles. The molecule has 1 aromatic carbocycles. The van der Waals surface area contributed by atoms with Crippen LogP contribution in [-0.4, -0.2) is 18.4 Å². The number of hydrogen-bond donors (Lipinski definition) is 2. The van der Waals surface area contributed by atoms with Crippen molar-refractivity contribution < 1.29 is 18.4 Å². The van der Waals surface area contributed by atoms with Gasteiger partial charge in [-0.25, -0.2) is 8.78 Å². The first kappa shape index (κ1) is 18.1. The minimum Gasteiger partial charge on any atom is -0.355 e. The Morgan fingerprint density at radius 2 is 2.04 bits per heavy atom. The number of nitrogens with one attached hydrogen (secondary N) is 2. The van der Waals surface area contributed by atoms with Crippen LogP contribution >= 0.6 is 11.6 Å². The Morgan fingerprint density at radius 3 is 2.60 bits per heavy atom. The van der Waals surface area contributed by atoms with Crippen molar-refractivity contribution in [2.45, 2.75) is 39.2 Å². The lowest BCUT2D eigenvalue weighted by molar-refractivity contribution is -0.128. The predicted octanol–water partition coefficient (Wildman–Crippen LogP) is 3.35. The van der Waals surface area contributed by atoms with Crippen LogP contribution in [0.1, 0.15) is 44.7 Å². The van der Waals surface area contributed by atoms with Crippen molar-refractivity contribution in [1.82, 2.24) is 10.6 Å². The summed E-state index contributed by atoms with van der Waals surface area (Å²) in [5.74, 6) is -2.56. The highest BCUT2D eigenvalue weighted by Crippen LogP contribution is 2.51. The van der Waals surface area contributed by atoms with Crippen molar-refractivity contribution in [2.75, 3.05) is 6.54 Å². The molecule has 1 saturated heterocycles. The van der Waals surface area contributed by atoms with Crippen LogP contribution in [0.15, 0.2) is 12.1 Å². The van der Waals surface area contributed by atoms with Gasteiger partial charge in [-0.1, -0.05) is 31.5 Å². The van der Waals surface area contributed by atoms with Gasteiger partial charge in [-0.15, -0.1) is 0 Å². The molecule has 0 spiro atoms. The number of halogens is 3. The molecule has 4 nitrogen and oxygen atoms in total. The van der Waals surface area contributed by atoms with Crippen LogP contribution in [0.5, 0.6) is 0 Å². The second kappa shape index (κ2) is 6.56. The molecule has 136 valence electrons. The van der Waals surface area contributed by atoms with Crippen molar-refractivity contribution in [1.29, 1.82) is 0 Å². The molecule has 0 bridgehead atoms. The van der Waals surface area contributed by atoms with E-state index in [-0.39, 0.29) is 41.7 Å². The zero-order valence-corrected chi connectivity index (χ0v) is 14.9. The molecule has 7 heteroatoms. The van der Waals surface area contributed by atoms with Gasteiger partial charge >= 0.3 is 0 Å². The monoisotopic (exact) mass is 370 g/mol. The third kappa shape index (κ3) is 3.64. The molecule has 2 atom stereocenters. The van der Waals surface area contributed by atoms with Crippen molar-refractivity contribution in [3.63, 3.8) is 0 Å². The van der Waals surface area contributed by atoms with Crippen LogP contribution in [0.2, 0.25) is 5.02 Å². The van der Waals surface area contributed by atoms with Crippen LogP contribution in [0.4, 0.5) is 8.78 Å². The highest BCUT2D eigenvalue weighted by molar-refractivity contribution is 6.31. The van der Waals surface area contributed by atoms with E-state index in [2.05, 4.69) is 24.5 Å². The number of carbonyl (C=O) groups is 2. The van der Waals surface area contributed by atoms with Gasteiger partial charge in [0, 0.05) is 18.5 Å². The van der Waals surface area contributed by atoms with E-state index in [0.717, 1.165) is 18.9 Å².